The maximum absolute atomic E-state index is 5.48. The Hall–Kier alpha value is -7.27. The van der Waals surface area contributed by atoms with Crippen molar-refractivity contribution in [2.75, 3.05) is 0 Å². The maximum Gasteiger partial charge on any atom is 0.164 e. The van der Waals surface area contributed by atoms with Crippen molar-refractivity contribution < 1.29 is 0 Å². The number of benzene rings is 10. The Labute approximate surface area is 332 Å². The standard InChI is InChI=1S/C53H31N3S/c1-2-15-33(16-3-1)38-20-8-13-25-43(38)52-54-51(37-27-26-32-14-4-5-17-34(32)28-37)55-53(56-52)46-31-44-41-23-10-9-21-39(41)40-22-11-12-24-42(40)48(44)50-49(46)45-29-35-18-6-7-19-36(35)30-47(45)57-50/h1-31H. The van der Waals surface area contributed by atoms with Crippen LogP contribution in [0.25, 0.3) is 119 Å². The number of hydrogen-bond donors (Lipinski definition) is 0. The smallest absolute Gasteiger partial charge is 0.164 e. The lowest BCUT2D eigenvalue weighted by Crippen LogP contribution is -2.01. The first-order valence-electron chi connectivity index (χ1n) is 19.3. The number of hydrogen-bond acceptors (Lipinski definition) is 4. The Morgan fingerprint density at radius 3 is 1.60 bits per heavy atom. The summed E-state index contributed by atoms with van der Waals surface area (Å²) in [4.78, 5) is 16.2. The van der Waals surface area contributed by atoms with E-state index in [1.54, 1.807) is 0 Å². The highest BCUT2D eigenvalue weighted by molar-refractivity contribution is 7.27. The molecule has 2 aromatic heterocycles. The molecule has 3 nitrogen and oxygen atoms in total. The molecule has 57 heavy (non-hydrogen) atoms. The SMILES string of the molecule is c1ccc(-c2ccccc2-c2nc(-c3ccc4ccccc4c3)nc(-c3cc4c5ccccc5c5ccccc5c4c4sc5cc6ccccc6cc5c34)n2)cc1. The minimum Gasteiger partial charge on any atom is -0.208 e. The van der Waals surface area contributed by atoms with E-state index in [0.29, 0.717) is 17.5 Å². The Bertz CT molecular complexity index is 3590. The van der Waals surface area contributed by atoms with Gasteiger partial charge < -0.3 is 0 Å². The summed E-state index contributed by atoms with van der Waals surface area (Å²) in [7, 11) is 0. The van der Waals surface area contributed by atoms with Gasteiger partial charge in [-0.3, -0.25) is 0 Å². The minimum atomic E-state index is 0.643. The third-order valence-corrected chi connectivity index (χ3v) is 12.6. The molecule has 0 aliphatic heterocycles. The molecule has 0 unspecified atom stereocenters. The quantitative estimate of drug-likeness (QED) is 0.169. The van der Waals surface area contributed by atoms with E-state index in [0.717, 1.165) is 33.2 Å². The van der Waals surface area contributed by atoms with Gasteiger partial charge in [-0.25, -0.2) is 15.0 Å². The van der Waals surface area contributed by atoms with Crippen LogP contribution >= 0.6 is 11.3 Å². The predicted octanol–water partition coefficient (Wildman–Crippen LogP) is 14.7. The van der Waals surface area contributed by atoms with Crippen molar-refractivity contribution in [2.45, 2.75) is 0 Å². The summed E-state index contributed by atoms with van der Waals surface area (Å²) in [6.07, 6.45) is 0. The van der Waals surface area contributed by atoms with Gasteiger partial charge in [-0.15, -0.1) is 11.3 Å². The second-order valence-electron chi connectivity index (χ2n) is 14.7. The van der Waals surface area contributed by atoms with Crippen LogP contribution in [0.5, 0.6) is 0 Å². The van der Waals surface area contributed by atoms with Crippen LogP contribution in [0.15, 0.2) is 188 Å². The zero-order valence-corrected chi connectivity index (χ0v) is 31.5. The molecule has 10 aromatic carbocycles. The molecule has 0 N–H and O–H groups in total. The monoisotopic (exact) mass is 741 g/mol. The summed E-state index contributed by atoms with van der Waals surface area (Å²) in [6, 6.07) is 67.3. The van der Waals surface area contributed by atoms with Crippen molar-refractivity contribution in [3.05, 3.63) is 188 Å². The Kier molecular flexibility index (Phi) is 7.10. The Morgan fingerprint density at radius 2 is 0.842 bits per heavy atom. The van der Waals surface area contributed by atoms with Crippen LogP contribution in [0.1, 0.15) is 0 Å². The van der Waals surface area contributed by atoms with Crippen molar-refractivity contribution >= 4 is 85.4 Å². The first-order chi connectivity index (χ1) is 28.2. The number of nitrogens with zero attached hydrogens (tertiary/aromatic N) is 3. The van der Waals surface area contributed by atoms with E-state index in [9.17, 15) is 0 Å². The van der Waals surface area contributed by atoms with Crippen LogP contribution in [-0.4, -0.2) is 15.0 Å². The predicted molar refractivity (Wildman–Crippen MR) is 242 cm³/mol. The second-order valence-corrected chi connectivity index (χ2v) is 15.8. The van der Waals surface area contributed by atoms with Crippen molar-refractivity contribution in [2.24, 2.45) is 0 Å². The molecule has 0 atom stereocenters. The third-order valence-electron chi connectivity index (χ3n) is 11.5. The van der Waals surface area contributed by atoms with Crippen LogP contribution in [0.4, 0.5) is 0 Å². The molecule has 0 saturated carbocycles. The second kappa shape index (κ2) is 12.6. The first-order valence-corrected chi connectivity index (χ1v) is 20.1. The molecule has 0 spiro atoms. The van der Waals surface area contributed by atoms with Gasteiger partial charge >= 0.3 is 0 Å². The number of rotatable bonds is 4. The van der Waals surface area contributed by atoms with Gasteiger partial charge in [0.15, 0.2) is 17.5 Å². The van der Waals surface area contributed by atoms with E-state index in [1.807, 2.05) is 11.3 Å². The Morgan fingerprint density at radius 1 is 0.298 bits per heavy atom. The van der Waals surface area contributed by atoms with Crippen LogP contribution in [-0.2, 0) is 0 Å². The molecular formula is C53H31N3S. The molecule has 12 aromatic rings. The molecule has 2 heterocycles. The lowest BCUT2D eigenvalue weighted by Gasteiger charge is -2.15. The van der Waals surface area contributed by atoms with Gasteiger partial charge in [0.1, 0.15) is 0 Å². The van der Waals surface area contributed by atoms with Crippen LogP contribution in [0, 0.1) is 0 Å². The van der Waals surface area contributed by atoms with E-state index in [4.69, 9.17) is 15.0 Å². The molecule has 12 rings (SSSR count). The fourth-order valence-corrected chi connectivity index (χ4v) is 10.1. The van der Waals surface area contributed by atoms with Crippen molar-refractivity contribution in [1.29, 1.82) is 0 Å². The highest BCUT2D eigenvalue weighted by Gasteiger charge is 2.23. The molecular weight excluding hydrogens is 711 g/mol. The molecule has 0 aliphatic rings. The normalized spacial score (nSPS) is 11.9. The molecule has 0 aliphatic carbocycles. The van der Waals surface area contributed by atoms with Crippen molar-refractivity contribution in [3.8, 4) is 45.3 Å². The largest absolute Gasteiger partial charge is 0.208 e. The fourth-order valence-electron chi connectivity index (χ4n) is 8.80. The molecule has 0 radical (unpaired) electrons. The average Bonchev–Trinajstić information content (AvgIpc) is 3.66. The molecule has 0 fully saturated rings. The molecule has 264 valence electrons. The van der Waals surface area contributed by atoms with E-state index in [2.05, 4.69) is 188 Å². The molecule has 0 saturated heterocycles. The fraction of sp³-hybridized carbons (Fsp3) is 0. The third kappa shape index (κ3) is 5.08. The van der Waals surface area contributed by atoms with E-state index in [1.165, 1.54) is 68.6 Å². The van der Waals surface area contributed by atoms with Crippen molar-refractivity contribution in [1.82, 2.24) is 15.0 Å². The number of aromatic nitrogens is 3. The highest BCUT2D eigenvalue weighted by atomic mass is 32.1. The van der Waals surface area contributed by atoms with Gasteiger partial charge in [0.25, 0.3) is 0 Å². The van der Waals surface area contributed by atoms with Crippen LogP contribution in [0.3, 0.4) is 0 Å². The summed E-state index contributed by atoms with van der Waals surface area (Å²) >= 11 is 1.87. The topological polar surface area (TPSA) is 38.7 Å². The van der Waals surface area contributed by atoms with E-state index >= 15 is 0 Å². The van der Waals surface area contributed by atoms with Gasteiger partial charge in [-0.1, -0.05) is 164 Å². The first kappa shape index (κ1) is 32.0. The van der Waals surface area contributed by atoms with Gasteiger partial charge in [0.2, 0.25) is 0 Å². The van der Waals surface area contributed by atoms with E-state index < -0.39 is 0 Å². The summed E-state index contributed by atoms with van der Waals surface area (Å²) in [5.74, 6) is 1.94. The van der Waals surface area contributed by atoms with Gasteiger partial charge in [-0.05, 0) is 83.9 Å². The average molecular weight is 742 g/mol. The van der Waals surface area contributed by atoms with Gasteiger partial charge in [-0.2, -0.15) is 0 Å². The zero-order chi connectivity index (χ0) is 37.5. The highest BCUT2D eigenvalue weighted by Crippen LogP contribution is 2.49. The molecule has 0 amide bonds. The van der Waals surface area contributed by atoms with Crippen LogP contribution in [0.2, 0.25) is 0 Å². The van der Waals surface area contributed by atoms with E-state index in [-0.39, 0.29) is 0 Å². The summed E-state index contributed by atoms with van der Waals surface area (Å²) in [5, 5.41) is 14.6. The number of thiophene rings is 1. The Balaban J connectivity index is 1.24. The maximum atomic E-state index is 5.48. The van der Waals surface area contributed by atoms with Crippen LogP contribution < -0.4 is 0 Å². The summed E-state index contributed by atoms with van der Waals surface area (Å²) in [6.45, 7) is 0. The minimum absolute atomic E-state index is 0.643. The molecule has 0 bridgehead atoms. The van der Waals surface area contributed by atoms with Crippen molar-refractivity contribution in [3.63, 3.8) is 0 Å². The lowest BCUT2D eigenvalue weighted by atomic mass is 9.91. The summed E-state index contributed by atoms with van der Waals surface area (Å²) < 4.78 is 2.49. The van der Waals surface area contributed by atoms with Gasteiger partial charge in [0, 0.05) is 42.2 Å². The zero-order valence-electron chi connectivity index (χ0n) is 30.6. The summed E-state index contributed by atoms with van der Waals surface area (Å²) in [5.41, 5.74) is 5.11. The number of fused-ring (bicyclic) bond motifs is 12. The lowest BCUT2D eigenvalue weighted by molar-refractivity contribution is 1.08. The van der Waals surface area contributed by atoms with Gasteiger partial charge in [0.05, 0.1) is 0 Å². The molecule has 4 heteroatoms.